The zero-order chi connectivity index (χ0) is 27.6. The van der Waals surface area contributed by atoms with E-state index in [2.05, 4.69) is 72.5 Å². The van der Waals surface area contributed by atoms with Gasteiger partial charge in [-0.25, -0.2) is 15.4 Å². The third-order valence-electron chi connectivity index (χ3n) is 7.23. The molecule has 0 unspecified atom stereocenters. The van der Waals surface area contributed by atoms with Crippen molar-refractivity contribution in [1.29, 1.82) is 0 Å². The van der Waals surface area contributed by atoms with Crippen LogP contribution in [0.1, 0.15) is 24.0 Å². The number of nitrogens with zero attached hydrogens (tertiary/aromatic N) is 4. The van der Waals surface area contributed by atoms with Crippen LogP contribution < -0.4 is 10.8 Å². The van der Waals surface area contributed by atoms with E-state index in [0.717, 1.165) is 67.4 Å². The molecule has 10 nitrogen and oxygen atoms in total. The third kappa shape index (κ3) is 7.64. The van der Waals surface area contributed by atoms with Gasteiger partial charge in [0.2, 0.25) is 5.91 Å². The van der Waals surface area contributed by atoms with Gasteiger partial charge in [-0.1, -0.05) is 54.6 Å². The van der Waals surface area contributed by atoms with Gasteiger partial charge >= 0.3 is 0 Å². The molecule has 1 saturated heterocycles. The summed E-state index contributed by atoms with van der Waals surface area (Å²) in [5, 5.41) is 12.9. The number of piperazine rings is 1. The molecule has 0 saturated carbocycles. The Morgan fingerprint density at radius 2 is 1.73 bits per heavy atom. The summed E-state index contributed by atoms with van der Waals surface area (Å²) in [5.41, 5.74) is 7.11. The molecular formula is C30H37N7O3. The highest BCUT2D eigenvalue weighted by Crippen LogP contribution is 2.27. The molecule has 0 aliphatic carbocycles. The van der Waals surface area contributed by atoms with Crippen molar-refractivity contribution in [3.8, 4) is 11.3 Å². The number of nitrogens with one attached hydrogen (secondary N) is 3. The SMILES string of the molecule is O=C(CCCOCCN1CCN(Cc2ccc(-c3cc4c(NCc5ccccc5)ncnc4[nH]3)cc2)CC1)NO. The number of rotatable bonds is 13. The molecule has 5 rings (SSSR count). The fourth-order valence-electron chi connectivity index (χ4n) is 4.92. The number of fused-ring (bicyclic) bond motifs is 1. The van der Waals surface area contributed by atoms with Crippen LogP contribution in [-0.4, -0.2) is 81.8 Å². The van der Waals surface area contributed by atoms with Gasteiger partial charge in [0.1, 0.15) is 17.8 Å². The van der Waals surface area contributed by atoms with E-state index in [0.29, 0.717) is 26.2 Å². The summed E-state index contributed by atoms with van der Waals surface area (Å²) in [7, 11) is 0. The molecule has 40 heavy (non-hydrogen) atoms. The monoisotopic (exact) mass is 543 g/mol. The van der Waals surface area contributed by atoms with Crippen molar-refractivity contribution < 1.29 is 14.7 Å². The Kier molecular flexibility index (Phi) is 9.70. The Labute approximate surface area is 234 Å². The van der Waals surface area contributed by atoms with Crippen molar-refractivity contribution in [3.05, 3.63) is 78.1 Å². The van der Waals surface area contributed by atoms with Crippen LogP contribution in [0.15, 0.2) is 67.0 Å². The maximum atomic E-state index is 11.0. The van der Waals surface area contributed by atoms with E-state index in [1.54, 1.807) is 11.8 Å². The molecule has 2 aromatic heterocycles. The summed E-state index contributed by atoms with van der Waals surface area (Å²) in [5.74, 6) is 0.453. The van der Waals surface area contributed by atoms with E-state index >= 15 is 0 Å². The molecule has 0 radical (unpaired) electrons. The van der Waals surface area contributed by atoms with Crippen molar-refractivity contribution in [1.82, 2.24) is 30.2 Å². The highest BCUT2D eigenvalue weighted by Gasteiger charge is 2.17. The van der Waals surface area contributed by atoms with Crippen molar-refractivity contribution >= 4 is 22.8 Å². The zero-order valence-corrected chi connectivity index (χ0v) is 22.7. The van der Waals surface area contributed by atoms with Crippen molar-refractivity contribution in [2.75, 3.05) is 51.3 Å². The lowest BCUT2D eigenvalue weighted by Crippen LogP contribution is -2.46. The van der Waals surface area contributed by atoms with Gasteiger partial charge in [0.05, 0.1) is 12.0 Å². The second kappa shape index (κ2) is 14.0. The molecule has 2 aromatic carbocycles. The van der Waals surface area contributed by atoms with Gasteiger partial charge in [-0.05, 0) is 29.2 Å². The first-order chi connectivity index (χ1) is 19.7. The molecular weight excluding hydrogens is 506 g/mol. The van der Waals surface area contributed by atoms with Gasteiger partial charge in [0.25, 0.3) is 0 Å². The van der Waals surface area contributed by atoms with Gasteiger partial charge < -0.3 is 15.0 Å². The maximum Gasteiger partial charge on any atom is 0.243 e. The normalized spacial score (nSPS) is 14.4. The molecule has 1 aliphatic rings. The highest BCUT2D eigenvalue weighted by atomic mass is 16.5. The van der Waals surface area contributed by atoms with E-state index < -0.39 is 0 Å². The van der Waals surface area contributed by atoms with Gasteiger partial charge in [-0.3, -0.25) is 19.8 Å². The van der Waals surface area contributed by atoms with Crippen molar-refractivity contribution in [2.24, 2.45) is 0 Å². The molecule has 210 valence electrons. The molecule has 10 heteroatoms. The number of hydroxylamine groups is 1. The van der Waals surface area contributed by atoms with E-state index in [9.17, 15) is 4.79 Å². The quantitative estimate of drug-likeness (QED) is 0.115. The first-order valence-electron chi connectivity index (χ1n) is 13.8. The molecule has 3 heterocycles. The lowest BCUT2D eigenvalue weighted by atomic mass is 10.1. The highest BCUT2D eigenvalue weighted by molar-refractivity contribution is 5.91. The summed E-state index contributed by atoms with van der Waals surface area (Å²) < 4.78 is 5.63. The van der Waals surface area contributed by atoms with Crippen LogP contribution in [0, 0.1) is 0 Å². The Balaban J connectivity index is 1.08. The fraction of sp³-hybridized carbons (Fsp3) is 0.367. The number of aromatic nitrogens is 3. The molecule has 0 spiro atoms. The predicted octanol–water partition coefficient (Wildman–Crippen LogP) is 3.66. The molecule has 1 fully saturated rings. The van der Waals surface area contributed by atoms with Crippen LogP contribution in [0.2, 0.25) is 0 Å². The van der Waals surface area contributed by atoms with E-state index in [-0.39, 0.29) is 12.3 Å². The number of H-pyrrole nitrogens is 1. The molecule has 0 atom stereocenters. The largest absolute Gasteiger partial charge is 0.380 e. The number of carbonyl (C=O) groups is 1. The summed E-state index contributed by atoms with van der Waals surface area (Å²) in [6, 6.07) is 21.2. The standard InChI is InChI=1S/C30H37N7O3/c38-28(35-39)7-4-17-40-18-16-36-12-14-37(15-13-36)21-24-8-10-25(11-9-24)27-19-26-29(32-22-33-30(26)34-27)31-20-23-5-2-1-3-6-23/h1-3,5-6,8-11,19,22,39H,4,7,12-18,20-21H2,(H,35,38)(H2,31,32,33,34). The third-order valence-corrected chi connectivity index (χ3v) is 7.23. The lowest BCUT2D eigenvalue weighted by molar-refractivity contribution is -0.129. The topological polar surface area (TPSA) is 119 Å². The average molecular weight is 544 g/mol. The minimum atomic E-state index is -0.372. The zero-order valence-electron chi connectivity index (χ0n) is 22.7. The number of carbonyl (C=O) groups excluding carboxylic acids is 1. The van der Waals surface area contributed by atoms with Crippen LogP contribution in [0.5, 0.6) is 0 Å². The Hall–Kier alpha value is -3.83. The predicted molar refractivity (Wildman–Crippen MR) is 155 cm³/mol. The van der Waals surface area contributed by atoms with Crippen LogP contribution in [-0.2, 0) is 22.6 Å². The van der Waals surface area contributed by atoms with Gasteiger partial charge in [-0.15, -0.1) is 0 Å². The van der Waals surface area contributed by atoms with Crippen molar-refractivity contribution in [2.45, 2.75) is 25.9 Å². The smallest absolute Gasteiger partial charge is 0.243 e. The van der Waals surface area contributed by atoms with Crippen LogP contribution in [0.3, 0.4) is 0 Å². The number of amides is 1. The minimum absolute atomic E-state index is 0.278. The van der Waals surface area contributed by atoms with E-state index in [1.807, 2.05) is 18.2 Å². The lowest BCUT2D eigenvalue weighted by Gasteiger charge is -2.34. The number of hydrogen-bond donors (Lipinski definition) is 4. The maximum absolute atomic E-state index is 11.0. The molecule has 4 N–H and O–H groups in total. The summed E-state index contributed by atoms with van der Waals surface area (Å²) in [6.07, 6.45) is 2.48. The van der Waals surface area contributed by atoms with E-state index in [4.69, 9.17) is 9.94 Å². The molecule has 0 bridgehead atoms. The van der Waals surface area contributed by atoms with Gasteiger partial charge in [-0.2, -0.15) is 0 Å². The first-order valence-corrected chi connectivity index (χ1v) is 13.8. The molecule has 4 aromatic rings. The second-order valence-electron chi connectivity index (χ2n) is 10.1. The van der Waals surface area contributed by atoms with Crippen molar-refractivity contribution in [3.63, 3.8) is 0 Å². The van der Waals surface area contributed by atoms with Crippen LogP contribution >= 0.6 is 0 Å². The number of ether oxygens (including phenoxy) is 1. The Morgan fingerprint density at radius 1 is 0.950 bits per heavy atom. The summed E-state index contributed by atoms with van der Waals surface area (Å²) >= 11 is 0. The summed E-state index contributed by atoms with van der Waals surface area (Å²) in [4.78, 5) is 28.3. The molecule has 1 amide bonds. The van der Waals surface area contributed by atoms with Gasteiger partial charge in [0, 0.05) is 64.5 Å². The Morgan fingerprint density at radius 3 is 2.50 bits per heavy atom. The van der Waals surface area contributed by atoms with E-state index in [1.165, 1.54) is 11.1 Å². The summed E-state index contributed by atoms with van der Waals surface area (Å²) in [6.45, 7) is 7.81. The second-order valence-corrected chi connectivity index (χ2v) is 10.1. The number of aromatic amines is 1. The van der Waals surface area contributed by atoms with Crippen LogP contribution in [0.25, 0.3) is 22.3 Å². The number of hydrogen-bond acceptors (Lipinski definition) is 8. The number of anilines is 1. The number of benzene rings is 2. The first kappa shape index (κ1) is 27.7. The fourth-order valence-corrected chi connectivity index (χ4v) is 4.92. The van der Waals surface area contributed by atoms with Gasteiger partial charge in [0.15, 0.2) is 0 Å². The average Bonchev–Trinajstić information content (AvgIpc) is 3.44. The Bertz CT molecular complexity index is 1350. The molecule has 1 aliphatic heterocycles. The minimum Gasteiger partial charge on any atom is -0.380 e. The van der Waals surface area contributed by atoms with Crippen LogP contribution in [0.4, 0.5) is 5.82 Å².